The van der Waals surface area contributed by atoms with E-state index in [9.17, 15) is 9.59 Å². The lowest BCUT2D eigenvalue weighted by molar-refractivity contribution is -0.119. The Labute approximate surface area is 175 Å². The monoisotopic (exact) mass is 417 g/mol. The topological polar surface area (TPSA) is 73.9 Å². The molecule has 6 nitrogen and oxygen atoms in total. The number of hydrogen-bond acceptors (Lipinski definition) is 6. The largest absolute Gasteiger partial charge is 0.497 e. The van der Waals surface area contributed by atoms with Crippen LogP contribution < -0.4 is 19.5 Å². The molecule has 0 spiro atoms. The summed E-state index contributed by atoms with van der Waals surface area (Å²) >= 11 is 1.46. The van der Waals surface area contributed by atoms with Crippen molar-refractivity contribution >= 4 is 23.5 Å². The third-order valence-electron chi connectivity index (χ3n) is 4.46. The number of nitrogens with one attached hydrogen (secondary N) is 1. The Kier molecular flexibility index (Phi) is 8.39. The summed E-state index contributed by atoms with van der Waals surface area (Å²) in [6, 6.07) is 10.6. The van der Waals surface area contributed by atoms with Gasteiger partial charge in [-0.05, 0) is 50.2 Å². The van der Waals surface area contributed by atoms with Crippen LogP contribution in [0.15, 0.2) is 36.4 Å². The van der Waals surface area contributed by atoms with Crippen LogP contribution in [-0.4, -0.2) is 38.8 Å². The average molecular weight is 418 g/mol. The average Bonchev–Trinajstić information content (AvgIpc) is 2.72. The number of carbonyl (C=O) groups excluding carboxylic acids is 2. The first-order chi connectivity index (χ1) is 13.9. The molecule has 0 radical (unpaired) electrons. The summed E-state index contributed by atoms with van der Waals surface area (Å²) in [5.74, 6) is 2.86. The van der Waals surface area contributed by atoms with Crippen LogP contribution >= 0.6 is 11.8 Å². The highest BCUT2D eigenvalue weighted by Crippen LogP contribution is 2.29. The number of carbonyl (C=O) groups is 2. The van der Waals surface area contributed by atoms with E-state index in [1.54, 1.807) is 33.5 Å². The van der Waals surface area contributed by atoms with E-state index in [0.29, 0.717) is 28.6 Å². The van der Waals surface area contributed by atoms with Gasteiger partial charge in [0.2, 0.25) is 5.91 Å². The van der Waals surface area contributed by atoms with Crippen LogP contribution in [0.4, 0.5) is 0 Å². The number of ether oxygens (including phenoxy) is 3. The zero-order chi connectivity index (χ0) is 21.4. The minimum Gasteiger partial charge on any atom is -0.497 e. The van der Waals surface area contributed by atoms with E-state index >= 15 is 0 Å². The molecule has 0 bridgehead atoms. The van der Waals surface area contributed by atoms with Gasteiger partial charge in [0.05, 0.1) is 33.1 Å². The Morgan fingerprint density at radius 1 is 1.00 bits per heavy atom. The molecular formula is C22H27NO5S. The number of benzene rings is 2. The van der Waals surface area contributed by atoms with Crippen LogP contribution in [0.5, 0.6) is 17.2 Å². The molecule has 1 amide bonds. The third kappa shape index (κ3) is 6.15. The van der Waals surface area contributed by atoms with E-state index in [-0.39, 0.29) is 23.5 Å². The predicted molar refractivity (Wildman–Crippen MR) is 115 cm³/mol. The van der Waals surface area contributed by atoms with Crippen molar-refractivity contribution in [1.29, 1.82) is 0 Å². The standard InChI is InChI=1S/C22H27NO5S/c1-14(19-11-18(26-3)7-9-21(19)28-5)23-22(25)13-29-12-17-10-16(15(2)24)6-8-20(17)27-4/h6-11,14H,12-13H2,1-5H3,(H,23,25)/t14-/m1/s1. The Morgan fingerprint density at radius 3 is 2.31 bits per heavy atom. The molecule has 0 saturated carbocycles. The Bertz CT molecular complexity index is 868. The van der Waals surface area contributed by atoms with Gasteiger partial charge in [0.25, 0.3) is 0 Å². The molecule has 156 valence electrons. The summed E-state index contributed by atoms with van der Waals surface area (Å²) in [4.78, 5) is 24.0. The molecule has 0 heterocycles. The van der Waals surface area contributed by atoms with E-state index in [2.05, 4.69) is 5.32 Å². The van der Waals surface area contributed by atoms with Gasteiger partial charge in [-0.25, -0.2) is 0 Å². The number of Topliss-reactive ketones (excluding diaryl/α,β-unsaturated/α-hetero) is 1. The maximum absolute atomic E-state index is 12.4. The molecule has 2 rings (SSSR count). The van der Waals surface area contributed by atoms with Crippen molar-refractivity contribution in [2.24, 2.45) is 0 Å². The van der Waals surface area contributed by atoms with Crippen LogP contribution in [0, 0.1) is 0 Å². The highest BCUT2D eigenvalue weighted by molar-refractivity contribution is 7.99. The fourth-order valence-corrected chi connectivity index (χ4v) is 3.72. The maximum atomic E-state index is 12.4. The quantitative estimate of drug-likeness (QED) is 0.589. The second-order valence-corrected chi connectivity index (χ2v) is 7.46. The summed E-state index contributed by atoms with van der Waals surface area (Å²) in [5.41, 5.74) is 2.37. The van der Waals surface area contributed by atoms with E-state index in [1.807, 2.05) is 31.2 Å². The first-order valence-electron chi connectivity index (χ1n) is 9.16. The summed E-state index contributed by atoms with van der Waals surface area (Å²) in [6.45, 7) is 3.43. The molecule has 0 fully saturated rings. The lowest BCUT2D eigenvalue weighted by Gasteiger charge is -2.18. The normalized spacial score (nSPS) is 11.5. The lowest BCUT2D eigenvalue weighted by Crippen LogP contribution is -2.28. The number of amides is 1. The fourth-order valence-electron chi connectivity index (χ4n) is 2.90. The minimum absolute atomic E-state index is 0.00212. The van der Waals surface area contributed by atoms with Crippen LogP contribution in [-0.2, 0) is 10.5 Å². The Morgan fingerprint density at radius 2 is 1.69 bits per heavy atom. The smallest absolute Gasteiger partial charge is 0.230 e. The summed E-state index contributed by atoms with van der Waals surface area (Å²) in [5, 5.41) is 2.99. The van der Waals surface area contributed by atoms with Crippen molar-refractivity contribution in [2.75, 3.05) is 27.1 Å². The number of methoxy groups -OCH3 is 3. The minimum atomic E-state index is -0.233. The molecule has 2 aromatic rings. The number of rotatable bonds is 10. The first kappa shape index (κ1) is 22.6. The summed E-state index contributed by atoms with van der Waals surface area (Å²) in [6.07, 6.45) is 0. The lowest BCUT2D eigenvalue weighted by atomic mass is 10.1. The first-order valence-corrected chi connectivity index (χ1v) is 10.3. The van der Waals surface area contributed by atoms with E-state index < -0.39 is 0 Å². The van der Waals surface area contributed by atoms with Gasteiger partial charge in [-0.15, -0.1) is 11.8 Å². The Balaban J connectivity index is 1.97. The molecule has 0 aliphatic heterocycles. The third-order valence-corrected chi connectivity index (χ3v) is 5.44. The van der Waals surface area contributed by atoms with Crippen molar-refractivity contribution in [3.05, 3.63) is 53.1 Å². The number of ketones is 1. The van der Waals surface area contributed by atoms with Gasteiger partial charge in [0, 0.05) is 22.4 Å². The zero-order valence-electron chi connectivity index (χ0n) is 17.4. The van der Waals surface area contributed by atoms with Crippen LogP contribution in [0.3, 0.4) is 0 Å². The summed E-state index contributed by atoms with van der Waals surface area (Å²) < 4.78 is 16.0. The molecule has 1 N–H and O–H groups in total. The Hall–Kier alpha value is -2.67. The van der Waals surface area contributed by atoms with Gasteiger partial charge in [-0.3, -0.25) is 9.59 Å². The molecule has 0 aromatic heterocycles. The van der Waals surface area contributed by atoms with Gasteiger partial charge in [-0.2, -0.15) is 0 Å². The molecule has 0 aliphatic carbocycles. The van der Waals surface area contributed by atoms with Crippen molar-refractivity contribution in [2.45, 2.75) is 25.6 Å². The van der Waals surface area contributed by atoms with Crippen molar-refractivity contribution in [1.82, 2.24) is 5.32 Å². The number of hydrogen-bond donors (Lipinski definition) is 1. The highest BCUT2D eigenvalue weighted by Gasteiger charge is 2.16. The van der Waals surface area contributed by atoms with Gasteiger partial charge >= 0.3 is 0 Å². The second kappa shape index (κ2) is 10.8. The molecule has 0 saturated heterocycles. The van der Waals surface area contributed by atoms with E-state index in [1.165, 1.54) is 18.7 Å². The van der Waals surface area contributed by atoms with E-state index in [0.717, 1.165) is 11.1 Å². The SMILES string of the molecule is COc1ccc(OC)c([C@@H](C)NC(=O)CSCc2cc(C(C)=O)ccc2OC)c1. The van der Waals surface area contributed by atoms with Gasteiger partial charge < -0.3 is 19.5 Å². The van der Waals surface area contributed by atoms with Crippen LogP contribution in [0.2, 0.25) is 0 Å². The van der Waals surface area contributed by atoms with Crippen molar-refractivity contribution < 1.29 is 23.8 Å². The molecule has 0 unspecified atom stereocenters. The molecule has 2 aromatic carbocycles. The van der Waals surface area contributed by atoms with Gasteiger partial charge in [-0.1, -0.05) is 0 Å². The van der Waals surface area contributed by atoms with Crippen LogP contribution in [0.1, 0.15) is 41.4 Å². The number of thioether (sulfide) groups is 1. The molecule has 1 atom stereocenters. The second-order valence-electron chi connectivity index (χ2n) is 6.47. The van der Waals surface area contributed by atoms with E-state index in [4.69, 9.17) is 14.2 Å². The molecule has 0 aliphatic rings. The summed E-state index contributed by atoms with van der Waals surface area (Å²) in [7, 11) is 4.78. The zero-order valence-corrected chi connectivity index (χ0v) is 18.2. The fraction of sp³-hybridized carbons (Fsp3) is 0.364. The van der Waals surface area contributed by atoms with Gasteiger partial charge in [0.1, 0.15) is 17.2 Å². The van der Waals surface area contributed by atoms with Gasteiger partial charge in [0.15, 0.2) is 5.78 Å². The molecule has 7 heteroatoms. The van der Waals surface area contributed by atoms with Crippen molar-refractivity contribution in [3.8, 4) is 17.2 Å². The molecule has 29 heavy (non-hydrogen) atoms. The molecular weight excluding hydrogens is 390 g/mol. The van der Waals surface area contributed by atoms with Crippen molar-refractivity contribution in [3.63, 3.8) is 0 Å². The predicted octanol–water partition coefficient (Wildman–Crippen LogP) is 4.03. The van der Waals surface area contributed by atoms with Crippen LogP contribution in [0.25, 0.3) is 0 Å². The maximum Gasteiger partial charge on any atom is 0.230 e. The highest BCUT2D eigenvalue weighted by atomic mass is 32.2.